The van der Waals surface area contributed by atoms with E-state index in [0.29, 0.717) is 5.57 Å². The second-order valence-corrected chi connectivity index (χ2v) is 5.81. The van der Waals surface area contributed by atoms with Crippen molar-refractivity contribution in [2.75, 3.05) is 7.11 Å². The molecule has 0 amide bonds. The molecule has 7 heteroatoms. The number of ketones is 1. The van der Waals surface area contributed by atoms with E-state index < -0.39 is 35.4 Å². The number of methoxy groups -OCH3 is 1. The summed E-state index contributed by atoms with van der Waals surface area (Å²) < 4.78 is 44.9. The molecule has 0 aromatic heterocycles. The maximum Gasteiger partial charge on any atom is 0.398 e. The summed E-state index contributed by atoms with van der Waals surface area (Å²) in [6, 6.07) is 0. The van der Waals surface area contributed by atoms with Gasteiger partial charge in [-0.25, -0.2) is 4.79 Å². The first kappa shape index (κ1) is 19.2. The normalized spacial score (nSPS) is 29.7. The predicted molar refractivity (Wildman–Crippen MR) is 77.4 cm³/mol. The molecule has 0 heterocycles. The summed E-state index contributed by atoms with van der Waals surface area (Å²) in [6.07, 6.45) is -1.39. The number of hydrogen-bond donors (Lipinski definition) is 1. The molecule has 1 N–H and O–H groups in total. The number of carbonyl (C=O) groups excluding carboxylic acids is 2. The number of hydrogen-bond acceptors (Lipinski definition) is 4. The Morgan fingerprint density at radius 1 is 1.43 bits per heavy atom. The summed E-state index contributed by atoms with van der Waals surface area (Å²) in [5.41, 5.74) is -4.84. The molecule has 1 rings (SSSR count). The molecule has 0 aliphatic heterocycles. The molecule has 23 heavy (non-hydrogen) atoms. The van der Waals surface area contributed by atoms with Crippen LogP contribution in [0, 0.1) is 5.41 Å². The molecule has 2 atom stereocenters. The van der Waals surface area contributed by atoms with Crippen LogP contribution in [0.2, 0.25) is 0 Å². The minimum atomic E-state index is -4.79. The fourth-order valence-corrected chi connectivity index (χ4v) is 2.50. The van der Waals surface area contributed by atoms with Gasteiger partial charge in [0.05, 0.1) is 7.11 Å². The zero-order valence-electron chi connectivity index (χ0n) is 13.3. The smallest absolute Gasteiger partial charge is 0.398 e. The first-order valence-corrected chi connectivity index (χ1v) is 6.83. The van der Waals surface area contributed by atoms with Gasteiger partial charge in [-0.3, -0.25) is 4.79 Å². The fraction of sp³-hybridized carbons (Fsp3) is 0.500. The molecule has 2 unspecified atom stereocenters. The summed E-state index contributed by atoms with van der Waals surface area (Å²) in [5.74, 6) is -1.36. The first-order valence-electron chi connectivity index (χ1n) is 6.83. The minimum absolute atomic E-state index is 0.101. The Kier molecular flexibility index (Phi) is 5.26. The van der Waals surface area contributed by atoms with Crippen LogP contribution < -0.4 is 0 Å². The van der Waals surface area contributed by atoms with Crippen LogP contribution in [0.15, 0.2) is 35.5 Å². The molecule has 0 aromatic carbocycles. The lowest BCUT2D eigenvalue weighted by Crippen LogP contribution is -2.57. The van der Waals surface area contributed by atoms with Gasteiger partial charge < -0.3 is 9.84 Å². The van der Waals surface area contributed by atoms with Crippen LogP contribution in [0.4, 0.5) is 13.2 Å². The molecule has 4 nitrogen and oxygen atoms in total. The summed E-state index contributed by atoms with van der Waals surface area (Å²) in [4.78, 5) is 22.7. The van der Waals surface area contributed by atoms with Crippen molar-refractivity contribution < 1.29 is 32.6 Å². The van der Waals surface area contributed by atoms with Crippen LogP contribution >= 0.6 is 0 Å². The van der Waals surface area contributed by atoms with Crippen LogP contribution in [-0.2, 0) is 14.3 Å². The van der Waals surface area contributed by atoms with Crippen molar-refractivity contribution >= 4 is 11.8 Å². The minimum Gasteiger partial charge on any atom is -0.466 e. The van der Waals surface area contributed by atoms with E-state index in [1.165, 1.54) is 27.0 Å². The molecule has 0 bridgehead atoms. The highest BCUT2D eigenvalue weighted by molar-refractivity contribution is 5.93. The molecular formula is C16H19F3O4. The predicted octanol–water partition coefficient (Wildman–Crippen LogP) is 2.88. The van der Waals surface area contributed by atoms with E-state index in [1.807, 2.05) is 0 Å². The number of carbonyl (C=O) groups is 2. The maximum absolute atomic E-state index is 13.5. The largest absolute Gasteiger partial charge is 0.466 e. The van der Waals surface area contributed by atoms with E-state index in [9.17, 15) is 27.9 Å². The number of alkyl halides is 3. The van der Waals surface area contributed by atoms with Gasteiger partial charge in [0.2, 0.25) is 0 Å². The van der Waals surface area contributed by atoms with Gasteiger partial charge >= 0.3 is 12.1 Å². The highest BCUT2D eigenvalue weighted by atomic mass is 19.4. The fourth-order valence-electron chi connectivity index (χ4n) is 2.50. The SMILES string of the molecule is COC(=O)/C=C(C)/C=C/C1(O)C(C)=CC(=O)CC1(C)C(F)(F)F. The third-order valence-corrected chi connectivity index (χ3v) is 4.11. The van der Waals surface area contributed by atoms with Crippen LogP contribution in [0.5, 0.6) is 0 Å². The summed E-state index contributed by atoms with van der Waals surface area (Å²) in [7, 11) is 1.17. The molecule has 0 spiro atoms. The average Bonchev–Trinajstić information content (AvgIpc) is 2.41. The number of halogens is 3. The van der Waals surface area contributed by atoms with Crippen molar-refractivity contribution in [1.82, 2.24) is 0 Å². The summed E-state index contributed by atoms with van der Waals surface area (Å²) >= 11 is 0. The van der Waals surface area contributed by atoms with E-state index in [2.05, 4.69) is 4.74 Å². The third kappa shape index (κ3) is 3.55. The lowest BCUT2D eigenvalue weighted by atomic mass is 9.62. The number of allylic oxidation sites excluding steroid dienone is 3. The van der Waals surface area contributed by atoms with Crippen molar-refractivity contribution in [3.63, 3.8) is 0 Å². The second kappa shape index (κ2) is 6.31. The summed E-state index contributed by atoms with van der Waals surface area (Å²) in [5, 5.41) is 10.7. The Bertz CT molecular complexity index is 601. The summed E-state index contributed by atoms with van der Waals surface area (Å²) in [6.45, 7) is 3.56. The van der Waals surface area contributed by atoms with Gasteiger partial charge in [0.1, 0.15) is 11.0 Å². The Morgan fingerprint density at radius 3 is 2.48 bits per heavy atom. The number of rotatable bonds is 3. The van der Waals surface area contributed by atoms with Crippen molar-refractivity contribution in [2.24, 2.45) is 5.41 Å². The van der Waals surface area contributed by atoms with Gasteiger partial charge in [0.25, 0.3) is 0 Å². The number of ether oxygens (including phenoxy) is 1. The molecule has 1 aliphatic rings. The van der Waals surface area contributed by atoms with E-state index in [0.717, 1.165) is 25.2 Å². The molecule has 0 radical (unpaired) electrons. The topological polar surface area (TPSA) is 63.6 Å². The van der Waals surface area contributed by atoms with Crippen LogP contribution in [0.3, 0.4) is 0 Å². The Balaban J connectivity index is 3.36. The Morgan fingerprint density at radius 2 is 2.00 bits per heavy atom. The molecule has 0 saturated carbocycles. The number of aliphatic hydroxyl groups is 1. The number of esters is 1. The molecular weight excluding hydrogens is 313 g/mol. The Labute approximate surface area is 132 Å². The van der Waals surface area contributed by atoms with Crippen LogP contribution in [0.1, 0.15) is 27.2 Å². The van der Waals surface area contributed by atoms with Gasteiger partial charge in [-0.15, -0.1) is 0 Å². The molecule has 0 saturated heterocycles. The quantitative estimate of drug-likeness (QED) is 0.490. The zero-order valence-corrected chi connectivity index (χ0v) is 13.3. The third-order valence-electron chi connectivity index (χ3n) is 4.11. The highest BCUT2D eigenvalue weighted by Gasteiger charge is 2.64. The monoisotopic (exact) mass is 332 g/mol. The zero-order chi connectivity index (χ0) is 18.1. The maximum atomic E-state index is 13.5. The average molecular weight is 332 g/mol. The van der Waals surface area contributed by atoms with Gasteiger partial charge in [0.15, 0.2) is 5.78 Å². The van der Waals surface area contributed by atoms with Crippen molar-refractivity contribution in [3.8, 4) is 0 Å². The van der Waals surface area contributed by atoms with E-state index in [1.54, 1.807) is 0 Å². The lowest BCUT2D eigenvalue weighted by Gasteiger charge is -2.46. The molecule has 0 aromatic rings. The second-order valence-electron chi connectivity index (χ2n) is 5.81. The van der Waals surface area contributed by atoms with Crippen molar-refractivity contribution in [1.29, 1.82) is 0 Å². The van der Waals surface area contributed by atoms with Gasteiger partial charge in [-0.05, 0) is 44.1 Å². The van der Waals surface area contributed by atoms with Crippen LogP contribution in [-0.4, -0.2) is 35.7 Å². The van der Waals surface area contributed by atoms with Gasteiger partial charge in [-0.2, -0.15) is 13.2 Å². The van der Waals surface area contributed by atoms with E-state index >= 15 is 0 Å². The molecule has 0 fully saturated rings. The standard InChI is InChI=1S/C16H19F3O4/c1-10(7-13(21)23-4)5-6-15(22)11(2)8-12(20)9-14(15,3)16(17,18)19/h5-8,22H,9H2,1-4H3/b6-5+,10-7+. The van der Waals surface area contributed by atoms with E-state index in [4.69, 9.17) is 0 Å². The molecule has 1 aliphatic carbocycles. The van der Waals surface area contributed by atoms with Crippen LogP contribution in [0.25, 0.3) is 0 Å². The van der Waals surface area contributed by atoms with E-state index in [-0.39, 0.29) is 5.57 Å². The van der Waals surface area contributed by atoms with Gasteiger partial charge in [0, 0.05) is 12.5 Å². The van der Waals surface area contributed by atoms with Crippen molar-refractivity contribution in [3.05, 3.63) is 35.5 Å². The highest BCUT2D eigenvalue weighted by Crippen LogP contribution is 2.54. The first-order chi connectivity index (χ1) is 10.4. The molecule has 128 valence electrons. The lowest BCUT2D eigenvalue weighted by molar-refractivity contribution is -0.261. The van der Waals surface area contributed by atoms with Gasteiger partial charge in [-0.1, -0.05) is 6.08 Å². The van der Waals surface area contributed by atoms with Crippen molar-refractivity contribution in [2.45, 2.75) is 39.0 Å². The Hall–Kier alpha value is -1.89.